The lowest BCUT2D eigenvalue weighted by molar-refractivity contribution is -0.134. The Morgan fingerprint density at radius 3 is 2.50 bits per heavy atom. The third-order valence-corrected chi connectivity index (χ3v) is 10.7. The van der Waals surface area contributed by atoms with Gasteiger partial charge in [0.15, 0.2) is 0 Å². The first-order valence-corrected chi connectivity index (χ1v) is 16.3. The number of aryl methyl sites for hydroxylation is 1. The monoisotopic (exact) mass is 689 g/mol. The van der Waals surface area contributed by atoms with Crippen LogP contribution >= 0.6 is 43.5 Å². The summed E-state index contributed by atoms with van der Waals surface area (Å²) in [5, 5.41) is 0.770. The molecular formula is C31H34Br2ClN3O3. The number of fused-ring (bicyclic) bond motifs is 2. The van der Waals surface area contributed by atoms with Crippen LogP contribution in [-0.4, -0.2) is 60.0 Å². The van der Waals surface area contributed by atoms with Gasteiger partial charge < -0.3 is 14.2 Å². The standard InChI is InChI=1S/C31H34Br2ClN3O3/c32-24-14-22-2-1-21-15-25(34)16-26(33)28(21)29(30(22)35-17-24)20-5-10-36(11-6-20)27(38)13-19-3-8-37(9-4-19)31(39)23-7-12-40-18-23/h7,12,14-20,22,29-30H,1-6,8-11,13H2/t22?,29-,30?/m1/s1. The number of carbonyl (C=O) groups is 2. The van der Waals surface area contributed by atoms with Gasteiger partial charge in [0.2, 0.25) is 5.91 Å². The second kappa shape index (κ2) is 12.1. The molecule has 2 amide bonds. The summed E-state index contributed by atoms with van der Waals surface area (Å²) < 4.78 is 7.21. The number of hydrogen-bond donors (Lipinski definition) is 0. The molecule has 9 heteroatoms. The van der Waals surface area contributed by atoms with E-state index in [0.29, 0.717) is 42.8 Å². The Balaban J connectivity index is 1.09. The molecule has 2 unspecified atom stereocenters. The minimum absolute atomic E-state index is 0.0157. The number of amides is 2. The second-order valence-corrected chi connectivity index (χ2v) is 13.9. The van der Waals surface area contributed by atoms with Gasteiger partial charge in [-0.3, -0.25) is 14.6 Å². The maximum absolute atomic E-state index is 13.3. The molecule has 4 aliphatic rings. The molecule has 212 valence electrons. The van der Waals surface area contributed by atoms with Crippen LogP contribution in [0.25, 0.3) is 0 Å². The smallest absolute Gasteiger partial charge is 0.257 e. The minimum Gasteiger partial charge on any atom is -0.472 e. The van der Waals surface area contributed by atoms with Crippen molar-refractivity contribution in [2.45, 2.75) is 56.9 Å². The number of furan rings is 1. The molecule has 0 radical (unpaired) electrons. The predicted molar refractivity (Wildman–Crippen MR) is 164 cm³/mol. The van der Waals surface area contributed by atoms with Crippen molar-refractivity contribution < 1.29 is 14.0 Å². The molecule has 2 fully saturated rings. The molecule has 0 spiro atoms. The van der Waals surface area contributed by atoms with Crippen molar-refractivity contribution in [1.82, 2.24) is 9.80 Å². The zero-order valence-electron chi connectivity index (χ0n) is 22.4. The highest BCUT2D eigenvalue weighted by atomic mass is 79.9. The van der Waals surface area contributed by atoms with E-state index in [1.54, 1.807) is 6.07 Å². The molecule has 0 N–H and O–H groups in total. The highest BCUT2D eigenvalue weighted by Gasteiger charge is 2.42. The number of piperidine rings is 2. The molecule has 1 aromatic heterocycles. The van der Waals surface area contributed by atoms with E-state index in [1.165, 1.54) is 23.7 Å². The molecule has 1 aromatic carbocycles. The third kappa shape index (κ3) is 5.86. The summed E-state index contributed by atoms with van der Waals surface area (Å²) in [5.41, 5.74) is 3.29. The number of halogens is 3. The van der Waals surface area contributed by atoms with Gasteiger partial charge in [-0.2, -0.15) is 0 Å². The Hall–Kier alpha value is -1.90. The van der Waals surface area contributed by atoms with Crippen LogP contribution in [0.5, 0.6) is 0 Å². The van der Waals surface area contributed by atoms with Crippen molar-refractivity contribution in [2.24, 2.45) is 22.7 Å². The van der Waals surface area contributed by atoms with E-state index in [4.69, 9.17) is 21.0 Å². The summed E-state index contributed by atoms with van der Waals surface area (Å²) in [6, 6.07) is 6.07. The maximum Gasteiger partial charge on any atom is 0.257 e. The zero-order chi connectivity index (χ0) is 27.8. The molecule has 3 atom stereocenters. The summed E-state index contributed by atoms with van der Waals surface area (Å²) in [6.07, 6.45) is 13.6. The van der Waals surface area contributed by atoms with Gasteiger partial charge in [-0.1, -0.05) is 33.6 Å². The molecule has 1 aliphatic carbocycles. The van der Waals surface area contributed by atoms with Crippen LogP contribution in [0.2, 0.25) is 5.02 Å². The van der Waals surface area contributed by atoms with Crippen LogP contribution in [0.1, 0.15) is 65.9 Å². The quantitative estimate of drug-likeness (QED) is 0.339. The van der Waals surface area contributed by atoms with Crippen LogP contribution in [0.15, 0.2) is 55.2 Å². The minimum atomic E-state index is 0.0157. The molecular weight excluding hydrogens is 658 g/mol. The lowest BCUT2D eigenvalue weighted by Crippen LogP contribution is -2.44. The number of allylic oxidation sites excluding steroid dienone is 1. The van der Waals surface area contributed by atoms with Crippen molar-refractivity contribution in [2.75, 3.05) is 26.2 Å². The van der Waals surface area contributed by atoms with Crippen molar-refractivity contribution >= 4 is 61.5 Å². The topological polar surface area (TPSA) is 66.1 Å². The zero-order valence-corrected chi connectivity index (χ0v) is 26.3. The fraction of sp³-hybridized carbons (Fsp3) is 0.516. The number of likely N-dealkylation sites (tertiary alicyclic amines) is 2. The van der Waals surface area contributed by atoms with Gasteiger partial charge in [0.1, 0.15) is 6.26 Å². The van der Waals surface area contributed by atoms with E-state index in [1.807, 2.05) is 17.2 Å². The molecule has 4 heterocycles. The number of aliphatic imine (C=N–C) groups is 1. The van der Waals surface area contributed by atoms with Crippen LogP contribution in [0.3, 0.4) is 0 Å². The van der Waals surface area contributed by atoms with Gasteiger partial charge in [0, 0.05) is 64.6 Å². The lowest BCUT2D eigenvalue weighted by Gasteiger charge is -2.41. The van der Waals surface area contributed by atoms with Gasteiger partial charge in [-0.05, 0) is 95.6 Å². The van der Waals surface area contributed by atoms with Gasteiger partial charge in [0.25, 0.3) is 5.91 Å². The Kier molecular flexibility index (Phi) is 8.57. The molecule has 0 bridgehead atoms. The number of benzene rings is 1. The molecule has 2 aromatic rings. The van der Waals surface area contributed by atoms with Gasteiger partial charge >= 0.3 is 0 Å². The average Bonchev–Trinajstić information content (AvgIpc) is 3.44. The first kappa shape index (κ1) is 28.2. The lowest BCUT2D eigenvalue weighted by atomic mass is 9.72. The molecule has 40 heavy (non-hydrogen) atoms. The SMILES string of the molecule is O=C(CC1CCN(C(=O)c2ccoc2)CC1)N1CCC([C@@H]2c3c(Br)cc(Cl)cc3CCC3C=C(Br)C=NC32)CC1. The third-order valence-electron chi connectivity index (χ3n) is 9.34. The Labute approximate surface area is 257 Å². The van der Waals surface area contributed by atoms with E-state index in [9.17, 15) is 9.59 Å². The van der Waals surface area contributed by atoms with E-state index < -0.39 is 0 Å². The van der Waals surface area contributed by atoms with Crippen LogP contribution in [-0.2, 0) is 11.2 Å². The van der Waals surface area contributed by atoms with Crippen LogP contribution in [0.4, 0.5) is 0 Å². The molecule has 0 saturated carbocycles. The van der Waals surface area contributed by atoms with Gasteiger partial charge in [-0.25, -0.2) is 0 Å². The predicted octanol–water partition coefficient (Wildman–Crippen LogP) is 7.25. The first-order valence-electron chi connectivity index (χ1n) is 14.3. The molecule has 3 aliphatic heterocycles. The summed E-state index contributed by atoms with van der Waals surface area (Å²) in [5.74, 6) is 1.72. The first-order chi connectivity index (χ1) is 19.4. The highest BCUT2D eigenvalue weighted by Crippen LogP contribution is 2.48. The van der Waals surface area contributed by atoms with Gasteiger partial charge in [0.05, 0.1) is 17.9 Å². The van der Waals surface area contributed by atoms with E-state index in [0.717, 1.165) is 65.6 Å². The fourth-order valence-electron chi connectivity index (χ4n) is 7.25. The normalized spacial score (nSPS) is 25.7. The Morgan fingerprint density at radius 2 is 1.77 bits per heavy atom. The van der Waals surface area contributed by atoms with Crippen molar-refractivity contribution in [3.05, 3.63) is 67.5 Å². The van der Waals surface area contributed by atoms with Crippen molar-refractivity contribution in [1.29, 1.82) is 0 Å². The highest BCUT2D eigenvalue weighted by molar-refractivity contribution is 9.12. The maximum atomic E-state index is 13.3. The number of carbonyl (C=O) groups excluding carboxylic acids is 2. The number of hydrogen-bond acceptors (Lipinski definition) is 4. The average molecular weight is 692 g/mol. The Morgan fingerprint density at radius 1 is 1.02 bits per heavy atom. The largest absolute Gasteiger partial charge is 0.472 e. The molecule has 6 nitrogen and oxygen atoms in total. The van der Waals surface area contributed by atoms with E-state index in [2.05, 4.69) is 48.9 Å². The summed E-state index contributed by atoms with van der Waals surface area (Å²) in [4.78, 5) is 35.0. The second-order valence-electron chi connectivity index (χ2n) is 11.7. The van der Waals surface area contributed by atoms with Crippen LogP contribution in [0, 0.1) is 17.8 Å². The summed E-state index contributed by atoms with van der Waals surface area (Å²) >= 11 is 14.0. The van der Waals surface area contributed by atoms with Crippen LogP contribution < -0.4 is 0 Å². The van der Waals surface area contributed by atoms with E-state index in [-0.39, 0.29) is 23.8 Å². The van der Waals surface area contributed by atoms with Crippen molar-refractivity contribution in [3.8, 4) is 0 Å². The molecule has 6 rings (SSSR count). The summed E-state index contributed by atoms with van der Waals surface area (Å²) in [6.45, 7) is 2.97. The molecule has 2 saturated heterocycles. The fourth-order valence-corrected chi connectivity index (χ4v) is 8.84. The Bertz CT molecular complexity index is 1310. The number of dihydropyridines is 1. The number of nitrogens with zero attached hydrogens (tertiary/aromatic N) is 3. The van der Waals surface area contributed by atoms with Gasteiger partial charge in [-0.15, -0.1) is 0 Å². The van der Waals surface area contributed by atoms with E-state index >= 15 is 0 Å². The summed E-state index contributed by atoms with van der Waals surface area (Å²) in [7, 11) is 0. The number of rotatable bonds is 4. The van der Waals surface area contributed by atoms with Crippen molar-refractivity contribution in [3.63, 3.8) is 0 Å².